The van der Waals surface area contributed by atoms with Crippen LogP contribution in [0.4, 0.5) is 4.39 Å². The van der Waals surface area contributed by atoms with Crippen molar-refractivity contribution in [2.24, 2.45) is 0 Å². The van der Waals surface area contributed by atoms with Gasteiger partial charge in [0.1, 0.15) is 11.9 Å². The molecule has 0 aliphatic rings. The van der Waals surface area contributed by atoms with Crippen LogP contribution in [0.1, 0.15) is 33.6 Å². The summed E-state index contributed by atoms with van der Waals surface area (Å²) in [6.45, 7) is 3.84. The SMILES string of the molecule is Cc1[nH]c2c(C#N)cc(F)c(Cc3ccc(C=N)nc3)c2c1C. The molecule has 0 radical (unpaired) electrons. The van der Waals surface area contributed by atoms with E-state index in [1.807, 2.05) is 26.0 Å². The molecule has 2 aromatic heterocycles. The van der Waals surface area contributed by atoms with Gasteiger partial charge in [0.2, 0.25) is 0 Å². The Morgan fingerprint density at radius 2 is 2.17 bits per heavy atom. The molecule has 3 rings (SSSR count). The van der Waals surface area contributed by atoms with Crippen molar-refractivity contribution in [1.29, 1.82) is 10.7 Å². The van der Waals surface area contributed by atoms with Crippen LogP contribution < -0.4 is 0 Å². The highest BCUT2D eigenvalue weighted by Crippen LogP contribution is 2.31. The van der Waals surface area contributed by atoms with Crippen LogP contribution in [-0.2, 0) is 6.42 Å². The minimum atomic E-state index is -0.382. The Bertz CT molecular complexity index is 946. The minimum absolute atomic E-state index is 0.315. The first-order chi connectivity index (χ1) is 11.0. The van der Waals surface area contributed by atoms with E-state index >= 15 is 0 Å². The van der Waals surface area contributed by atoms with Crippen LogP contribution in [0, 0.1) is 36.4 Å². The summed E-state index contributed by atoms with van der Waals surface area (Å²) in [6, 6.07) is 6.90. The number of nitrogens with zero attached hydrogens (tertiary/aromatic N) is 2. The highest BCUT2D eigenvalue weighted by atomic mass is 19.1. The maximum absolute atomic E-state index is 14.6. The number of H-pyrrole nitrogens is 1. The van der Waals surface area contributed by atoms with E-state index in [0.29, 0.717) is 28.8 Å². The third-order valence-electron chi connectivity index (χ3n) is 4.13. The van der Waals surface area contributed by atoms with Crippen LogP contribution in [0.2, 0.25) is 0 Å². The van der Waals surface area contributed by atoms with Crippen LogP contribution in [0.3, 0.4) is 0 Å². The molecule has 0 spiro atoms. The fourth-order valence-electron chi connectivity index (χ4n) is 2.79. The summed E-state index contributed by atoms with van der Waals surface area (Å²) in [4.78, 5) is 7.32. The molecule has 0 amide bonds. The van der Waals surface area contributed by atoms with Crippen molar-refractivity contribution in [2.45, 2.75) is 20.3 Å². The zero-order valence-electron chi connectivity index (χ0n) is 12.9. The maximum Gasteiger partial charge on any atom is 0.128 e. The van der Waals surface area contributed by atoms with Crippen molar-refractivity contribution in [1.82, 2.24) is 9.97 Å². The number of nitriles is 1. The fraction of sp³-hybridized carbons (Fsp3) is 0.167. The van der Waals surface area contributed by atoms with Crippen LogP contribution in [0.25, 0.3) is 10.9 Å². The molecule has 23 heavy (non-hydrogen) atoms. The van der Waals surface area contributed by atoms with Crippen LogP contribution in [0.5, 0.6) is 0 Å². The van der Waals surface area contributed by atoms with Crippen molar-refractivity contribution in [2.75, 3.05) is 0 Å². The number of pyridine rings is 1. The molecule has 1 aromatic carbocycles. The molecule has 114 valence electrons. The van der Waals surface area contributed by atoms with E-state index < -0.39 is 0 Å². The molecule has 0 saturated carbocycles. The van der Waals surface area contributed by atoms with E-state index in [1.165, 1.54) is 12.3 Å². The van der Waals surface area contributed by atoms with Gasteiger partial charge in [0.05, 0.1) is 16.8 Å². The Balaban J connectivity index is 2.18. The summed E-state index contributed by atoms with van der Waals surface area (Å²) in [6.07, 6.45) is 3.21. The smallest absolute Gasteiger partial charge is 0.128 e. The van der Waals surface area contributed by atoms with Gasteiger partial charge in [-0.2, -0.15) is 5.26 Å². The number of aromatic nitrogens is 2. The van der Waals surface area contributed by atoms with Gasteiger partial charge in [-0.25, -0.2) is 4.39 Å². The van der Waals surface area contributed by atoms with E-state index in [9.17, 15) is 9.65 Å². The topological polar surface area (TPSA) is 76.3 Å². The molecule has 3 aromatic rings. The molecule has 2 N–H and O–H groups in total. The van der Waals surface area contributed by atoms with Gasteiger partial charge in [-0.05, 0) is 37.1 Å². The largest absolute Gasteiger partial charge is 0.357 e. The van der Waals surface area contributed by atoms with E-state index in [-0.39, 0.29) is 5.82 Å². The molecule has 0 fully saturated rings. The first kappa shape index (κ1) is 14.9. The zero-order chi connectivity index (χ0) is 16.6. The average molecular weight is 306 g/mol. The van der Waals surface area contributed by atoms with Crippen LogP contribution in [0.15, 0.2) is 24.4 Å². The predicted octanol–water partition coefficient (Wildman–Crippen LogP) is 3.78. The average Bonchev–Trinajstić information content (AvgIpc) is 2.86. The molecule has 4 nitrogen and oxygen atoms in total. The quantitative estimate of drug-likeness (QED) is 0.722. The molecule has 0 atom stereocenters. The Hall–Kier alpha value is -3.00. The number of nitrogens with one attached hydrogen (secondary N) is 2. The number of aryl methyl sites for hydroxylation is 2. The number of fused-ring (bicyclic) bond motifs is 1. The monoisotopic (exact) mass is 306 g/mol. The first-order valence-corrected chi connectivity index (χ1v) is 7.21. The highest BCUT2D eigenvalue weighted by Gasteiger charge is 2.17. The van der Waals surface area contributed by atoms with Crippen LogP contribution in [-0.4, -0.2) is 16.2 Å². The summed E-state index contributed by atoms with van der Waals surface area (Å²) < 4.78 is 14.6. The summed E-state index contributed by atoms with van der Waals surface area (Å²) in [7, 11) is 0. The van der Waals surface area contributed by atoms with Gasteiger partial charge in [-0.1, -0.05) is 6.07 Å². The fourth-order valence-corrected chi connectivity index (χ4v) is 2.79. The molecule has 2 heterocycles. The van der Waals surface area contributed by atoms with Gasteiger partial charge in [0.25, 0.3) is 0 Å². The van der Waals surface area contributed by atoms with Gasteiger partial charge < -0.3 is 10.4 Å². The molecule has 0 saturated heterocycles. The van der Waals surface area contributed by atoms with E-state index in [2.05, 4.69) is 9.97 Å². The molecule has 0 unspecified atom stereocenters. The summed E-state index contributed by atoms with van der Waals surface area (Å²) in [5, 5.41) is 17.2. The summed E-state index contributed by atoms with van der Waals surface area (Å²) in [5.41, 5.74) is 4.87. The Morgan fingerprint density at radius 3 is 2.78 bits per heavy atom. The molecule has 0 aliphatic carbocycles. The normalized spacial score (nSPS) is 10.7. The number of hydrogen-bond donors (Lipinski definition) is 2. The zero-order valence-corrected chi connectivity index (χ0v) is 12.9. The summed E-state index contributed by atoms with van der Waals surface area (Å²) >= 11 is 0. The molecule has 0 bridgehead atoms. The lowest BCUT2D eigenvalue weighted by Crippen LogP contribution is -1.98. The summed E-state index contributed by atoms with van der Waals surface area (Å²) in [5.74, 6) is -0.382. The van der Waals surface area contributed by atoms with E-state index in [0.717, 1.165) is 22.2 Å². The Kier molecular flexibility index (Phi) is 3.67. The lowest BCUT2D eigenvalue weighted by molar-refractivity contribution is 0.616. The van der Waals surface area contributed by atoms with Gasteiger partial charge in [0.15, 0.2) is 0 Å². The molecular formula is C18H15FN4. The van der Waals surface area contributed by atoms with Gasteiger partial charge in [-0.15, -0.1) is 0 Å². The second kappa shape index (κ2) is 5.65. The maximum atomic E-state index is 14.6. The second-order valence-corrected chi connectivity index (χ2v) is 5.53. The number of benzene rings is 1. The number of halogens is 1. The van der Waals surface area contributed by atoms with Gasteiger partial charge >= 0.3 is 0 Å². The predicted molar refractivity (Wildman–Crippen MR) is 87.4 cm³/mol. The standard InChI is InChI=1S/C18H15FN4/c1-10-11(2)23-18-13(7-20)6-16(19)15(17(10)18)5-12-3-4-14(8-21)22-9-12/h3-4,6,8-9,21,23H,5H2,1-2H3. The third kappa shape index (κ3) is 2.49. The molecule has 0 aliphatic heterocycles. The van der Waals surface area contributed by atoms with E-state index in [1.54, 1.807) is 12.3 Å². The Morgan fingerprint density at radius 1 is 1.39 bits per heavy atom. The third-order valence-corrected chi connectivity index (χ3v) is 4.13. The van der Waals surface area contributed by atoms with Crippen molar-refractivity contribution in [3.05, 3.63) is 63.9 Å². The Labute approximate surface area is 133 Å². The van der Waals surface area contributed by atoms with Gasteiger partial charge in [0, 0.05) is 35.5 Å². The first-order valence-electron chi connectivity index (χ1n) is 7.21. The van der Waals surface area contributed by atoms with Crippen molar-refractivity contribution in [3.8, 4) is 6.07 Å². The van der Waals surface area contributed by atoms with Crippen molar-refractivity contribution in [3.63, 3.8) is 0 Å². The number of hydrogen-bond acceptors (Lipinski definition) is 3. The van der Waals surface area contributed by atoms with Crippen molar-refractivity contribution < 1.29 is 4.39 Å². The second-order valence-electron chi connectivity index (χ2n) is 5.53. The minimum Gasteiger partial charge on any atom is -0.357 e. The lowest BCUT2D eigenvalue weighted by atomic mass is 9.97. The van der Waals surface area contributed by atoms with Crippen LogP contribution >= 0.6 is 0 Å². The van der Waals surface area contributed by atoms with Gasteiger partial charge in [-0.3, -0.25) is 4.98 Å². The highest BCUT2D eigenvalue weighted by molar-refractivity contribution is 5.92. The molecular weight excluding hydrogens is 291 g/mol. The number of aromatic amines is 1. The van der Waals surface area contributed by atoms with Crippen molar-refractivity contribution >= 4 is 17.1 Å². The lowest BCUT2D eigenvalue weighted by Gasteiger charge is -2.08. The number of rotatable bonds is 3. The van der Waals surface area contributed by atoms with E-state index in [4.69, 9.17) is 5.41 Å². The molecule has 5 heteroatoms.